The molecule has 0 aliphatic rings. The molecule has 0 atom stereocenters. The predicted octanol–water partition coefficient (Wildman–Crippen LogP) is 1.87. The van der Waals surface area contributed by atoms with Crippen molar-refractivity contribution in [3.8, 4) is 0 Å². The molecule has 0 fully saturated rings. The topological polar surface area (TPSA) is 57.6 Å². The van der Waals surface area contributed by atoms with Crippen LogP contribution in [0, 0.1) is 0 Å². The molecule has 0 bridgehead atoms. The van der Waals surface area contributed by atoms with E-state index in [-0.39, 0.29) is 18.9 Å². The Hall–Kier alpha value is -0.620. The van der Waals surface area contributed by atoms with Crippen LogP contribution in [0.3, 0.4) is 0 Å². The molecule has 0 heterocycles. The fourth-order valence-electron chi connectivity index (χ4n) is 1.52. The average molecular weight is 292 g/mol. The van der Waals surface area contributed by atoms with E-state index in [4.69, 9.17) is 16.7 Å². The number of hydrogen-bond acceptors (Lipinski definition) is 3. The maximum absolute atomic E-state index is 11.9. The van der Waals surface area contributed by atoms with E-state index >= 15 is 0 Å². The van der Waals surface area contributed by atoms with Gasteiger partial charge in [0.15, 0.2) is 0 Å². The summed E-state index contributed by atoms with van der Waals surface area (Å²) in [7, 11) is -1.74. The summed E-state index contributed by atoms with van der Waals surface area (Å²) >= 11 is 5.99. The van der Waals surface area contributed by atoms with Gasteiger partial charge in [-0.2, -0.15) is 0 Å². The Bertz CT molecular complexity index is 476. The van der Waals surface area contributed by atoms with Crippen molar-refractivity contribution in [2.24, 2.45) is 0 Å². The summed E-state index contributed by atoms with van der Waals surface area (Å²) in [4.78, 5) is 0. The number of nitrogens with zero attached hydrogens (tertiary/aromatic N) is 1. The zero-order chi connectivity index (χ0) is 13.6. The van der Waals surface area contributed by atoms with Crippen LogP contribution in [0.5, 0.6) is 0 Å². The van der Waals surface area contributed by atoms with Crippen LogP contribution in [0.4, 0.5) is 0 Å². The summed E-state index contributed by atoms with van der Waals surface area (Å²) in [6, 6.07) is 7.18. The summed E-state index contributed by atoms with van der Waals surface area (Å²) in [5.41, 5.74) is 0.785. The van der Waals surface area contributed by atoms with Gasteiger partial charge in [0, 0.05) is 25.2 Å². The number of unbranched alkanes of at least 4 members (excludes halogenated alkanes) is 1. The average Bonchev–Trinajstić information content (AvgIpc) is 2.32. The lowest BCUT2D eigenvalue weighted by molar-refractivity contribution is 0.287. The maximum Gasteiger partial charge on any atom is 0.214 e. The highest BCUT2D eigenvalue weighted by molar-refractivity contribution is 7.89. The molecule has 1 rings (SSSR count). The second kappa shape index (κ2) is 7.09. The SMILES string of the molecule is CN(Cc1ccccc1Cl)S(=O)(=O)CCCCO. The monoisotopic (exact) mass is 291 g/mol. The van der Waals surface area contributed by atoms with Gasteiger partial charge >= 0.3 is 0 Å². The second-order valence-corrected chi connectivity index (χ2v) is 6.70. The number of aliphatic hydroxyl groups excluding tert-OH is 1. The Morgan fingerprint density at radius 2 is 1.94 bits per heavy atom. The van der Waals surface area contributed by atoms with Crippen molar-refractivity contribution < 1.29 is 13.5 Å². The Labute approximate surface area is 113 Å². The minimum absolute atomic E-state index is 0.0176. The summed E-state index contributed by atoms with van der Waals surface area (Å²) in [6.07, 6.45) is 0.963. The zero-order valence-corrected chi connectivity index (χ0v) is 11.9. The maximum atomic E-state index is 11.9. The molecule has 0 unspecified atom stereocenters. The van der Waals surface area contributed by atoms with E-state index in [2.05, 4.69) is 0 Å². The number of aliphatic hydroxyl groups is 1. The van der Waals surface area contributed by atoms with Crippen molar-refractivity contribution in [1.29, 1.82) is 0 Å². The Morgan fingerprint density at radius 3 is 2.56 bits per heavy atom. The van der Waals surface area contributed by atoms with Gasteiger partial charge in [-0.25, -0.2) is 12.7 Å². The van der Waals surface area contributed by atoms with Crippen molar-refractivity contribution in [1.82, 2.24) is 4.31 Å². The van der Waals surface area contributed by atoms with Crippen molar-refractivity contribution in [3.63, 3.8) is 0 Å². The molecule has 1 N–H and O–H groups in total. The number of sulfonamides is 1. The summed E-state index contributed by atoms with van der Waals surface area (Å²) in [5.74, 6) is 0.0501. The molecule has 0 aliphatic heterocycles. The van der Waals surface area contributed by atoms with Crippen LogP contribution in [0.15, 0.2) is 24.3 Å². The van der Waals surface area contributed by atoms with Gasteiger partial charge in [0.1, 0.15) is 0 Å². The molecule has 1 aromatic carbocycles. The molecule has 6 heteroatoms. The number of rotatable bonds is 7. The first kappa shape index (κ1) is 15.4. The lowest BCUT2D eigenvalue weighted by Gasteiger charge is -2.17. The molecule has 0 aliphatic carbocycles. The van der Waals surface area contributed by atoms with Gasteiger partial charge in [-0.15, -0.1) is 0 Å². The van der Waals surface area contributed by atoms with E-state index in [9.17, 15) is 8.42 Å². The standard InChI is InChI=1S/C12H18ClNO3S/c1-14(18(16,17)9-5-4-8-15)10-11-6-2-3-7-12(11)13/h2-3,6-7,15H,4-5,8-10H2,1H3. The summed E-state index contributed by atoms with van der Waals surface area (Å²) < 4.78 is 25.1. The highest BCUT2D eigenvalue weighted by atomic mass is 35.5. The van der Waals surface area contributed by atoms with Crippen molar-refractivity contribution in [2.45, 2.75) is 19.4 Å². The normalized spacial score (nSPS) is 12.0. The van der Waals surface area contributed by atoms with Crippen LogP contribution < -0.4 is 0 Å². The lowest BCUT2D eigenvalue weighted by atomic mass is 10.2. The molecule has 0 amide bonds. The van der Waals surface area contributed by atoms with Crippen LogP contribution in [-0.2, 0) is 16.6 Å². The van der Waals surface area contributed by atoms with E-state index in [1.165, 1.54) is 11.4 Å². The first-order valence-electron chi connectivity index (χ1n) is 5.75. The van der Waals surface area contributed by atoms with Crippen LogP contribution in [0.1, 0.15) is 18.4 Å². The Kier molecular flexibility index (Phi) is 6.08. The van der Waals surface area contributed by atoms with Gasteiger partial charge in [0.05, 0.1) is 5.75 Å². The van der Waals surface area contributed by atoms with Gasteiger partial charge in [-0.1, -0.05) is 29.8 Å². The van der Waals surface area contributed by atoms with Gasteiger partial charge in [0.2, 0.25) is 10.0 Å². The predicted molar refractivity (Wildman–Crippen MR) is 73.0 cm³/mol. The summed E-state index contributed by atoms with van der Waals surface area (Å²) in [6.45, 7) is 0.283. The molecule has 18 heavy (non-hydrogen) atoms. The minimum atomic E-state index is -3.28. The van der Waals surface area contributed by atoms with Gasteiger partial charge < -0.3 is 5.11 Å². The van der Waals surface area contributed by atoms with Gasteiger partial charge in [-0.3, -0.25) is 0 Å². The third-order valence-corrected chi connectivity index (χ3v) is 4.89. The molecule has 0 saturated heterocycles. The van der Waals surface area contributed by atoms with Crippen LogP contribution in [0.2, 0.25) is 5.02 Å². The van der Waals surface area contributed by atoms with Gasteiger partial charge in [-0.05, 0) is 24.5 Å². The van der Waals surface area contributed by atoms with Crippen LogP contribution in [0.25, 0.3) is 0 Å². The molecule has 0 aromatic heterocycles. The van der Waals surface area contributed by atoms with Crippen molar-refractivity contribution >= 4 is 21.6 Å². The zero-order valence-electron chi connectivity index (χ0n) is 10.3. The van der Waals surface area contributed by atoms with E-state index < -0.39 is 10.0 Å². The Morgan fingerprint density at radius 1 is 1.28 bits per heavy atom. The molecule has 0 spiro atoms. The molecular formula is C12H18ClNO3S. The first-order chi connectivity index (χ1) is 8.47. The van der Waals surface area contributed by atoms with Crippen molar-refractivity contribution in [3.05, 3.63) is 34.9 Å². The van der Waals surface area contributed by atoms with Crippen LogP contribution >= 0.6 is 11.6 Å². The minimum Gasteiger partial charge on any atom is -0.396 e. The number of hydrogen-bond donors (Lipinski definition) is 1. The first-order valence-corrected chi connectivity index (χ1v) is 7.74. The fourth-order valence-corrected chi connectivity index (χ4v) is 2.93. The van der Waals surface area contributed by atoms with E-state index in [0.29, 0.717) is 17.9 Å². The molecule has 0 radical (unpaired) electrons. The Balaban J connectivity index is 2.64. The largest absolute Gasteiger partial charge is 0.396 e. The van der Waals surface area contributed by atoms with E-state index in [0.717, 1.165) is 5.56 Å². The van der Waals surface area contributed by atoms with E-state index in [1.54, 1.807) is 6.07 Å². The highest BCUT2D eigenvalue weighted by Crippen LogP contribution is 2.18. The quantitative estimate of drug-likeness (QED) is 0.780. The summed E-state index contributed by atoms with van der Waals surface area (Å²) in [5, 5.41) is 9.21. The molecule has 4 nitrogen and oxygen atoms in total. The molecule has 0 saturated carbocycles. The lowest BCUT2D eigenvalue weighted by Crippen LogP contribution is -2.29. The van der Waals surface area contributed by atoms with Gasteiger partial charge in [0.25, 0.3) is 0 Å². The molecule has 1 aromatic rings. The second-order valence-electron chi connectivity index (χ2n) is 4.09. The van der Waals surface area contributed by atoms with E-state index in [1.807, 2.05) is 18.2 Å². The van der Waals surface area contributed by atoms with Crippen molar-refractivity contribution in [2.75, 3.05) is 19.4 Å². The smallest absolute Gasteiger partial charge is 0.214 e. The molecular weight excluding hydrogens is 274 g/mol. The third-order valence-electron chi connectivity index (χ3n) is 2.64. The molecule has 102 valence electrons. The highest BCUT2D eigenvalue weighted by Gasteiger charge is 2.18. The fraction of sp³-hybridized carbons (Fsp3) is 0.500. The third kappa shape index (κ3) is 4.57. The number of benzene rings is 1. The number of halogens is 1. The van der Waals surface area contributed by atoms with Crippen LogP contribution in [-0.4, -0.2) is 37.2 Å².